The lowest BCUT2D eigenvalue weighted by Gasteiger charge is -2.17. The summed E-state index contributed by atoms with van der Waals surface area (Å²) in [7, 11) is 3.38. The first-order chi connectivity index (χ1) is 7.70. The van der Waals surface area contributed by atoms with Crippen LogP contribution in [0.1, 0.15) is 23.7 Å². The van der Waals surface area contributed by atoms with E-state index in [9.17, 15) is 4.79 Å². The second-order valence-electron chi connectivity index (χ2n) is 3.43. The van der Waals surface area contributed by atoms with Crippen LogP contribution in [0.2, 0.25) is 0 Å². The average Bonchev–Trinajstić information content (AvgIpc) is 2.34. The second kappa shape index (κ2) is 6.12. The summed E-state index contributed by atoms with van der Waals surface area (Å²) in [4.78, 5) is 11.9. The highest BCUT2D eigenvalue weighted by Gasteiger charge is 2.14. The number of amides is 1. The van der Waals surface area contributed by atoms with Gasteiger partial charge >= 0.3 is 0 Å². The number of hydrogen-bond donors (Lipinski definition) is 1. The van der Waals surface area contributed by atoms with E-state index in [2.05, 4.69) is 5.43 Å². The van der Waals surface area contributed by atoms with Crippen LogP contribution in [0.4, 0.5) is 0 Å². The topological polar surface area (TPSA) is 41.6 Å². The zero-order valence-corrected chi connectivity index (χ0v) is 9.99. The van der Waals surface area contributed by atoms with Crippen LogP contribution in [0.3, 0.4) is 0 Å². The van der Waals surface area contributed by atoms with Crippen molar-refractivity contribution >= 4 is 5.91 Å². The number of hydrogen-bond acceptors (Lipinski definition) is 3. The van der Waals surface area contributed by atoms with Crippen molar-refractivity contribution in [1.29, 1.82) is 0 Å². The number of nitrogens with one attached hydrogen (secondary N) is 1. The van der Waals surface area contributed by atoms with E-state index in [-0.39, 0.29) is 5.91 Å². The van der Waals surface area contributed by atoms with Crippen LogP contribution in [0, 0.1) is 0 Å². The first-order valence-corrected chi connectivity index (χ1v) is 5.38. The van der Waals surface area contributed by atoms with E-state index in [4.69, 9.17) is 4.74 Å². The Morgan fingerprint density at radius 3 is 2.75 bits per heavy atom. The zero-order valence-electron chi connectivity index (χ0n) is 9.99. The van der Waals surface area contributed by atoms with Gasteiger partial charge in [0.2, 0.25) is 0 Å². The molecular weight excluding hydrogens is 204 g/mol. The van der Waals surface area contributed by atoms with E-state index in [1.54, 1.807) is 20.2 Å². The van der Waals surface area contributed by atoms with Gasteiger partial charge in [-0.3, -0.25) is 9.80 Å². The second-order valence-corrected chi connectivity index (χ2v) is 3.43. The van der Waals surface area contributed by atoms with Gasteiger partial charge in [0.05, 0.1) is 12.2 Å². The maximum absolute atomic E-state index is 11.9. The van der Waals surface area contributed by atoms with Gasteiger partial charge in [0.15, 0.2) is 0 Å². The number of para-hydroxylation sites is 1. The molecule has 4 nitrogen and oxygen atoms in total. The van der Waals surface area contributed by atoms with E-state index in [1.807, 2.05) is 25.1 Å². The summed E-state index contributed by atoms with van der Waals surface area (Å²) in [6.07, 6.45) is 0.921. The summed E-state index contributed by atoms with van der Waals surface area (Å²) < 4.78 is 5.53. The third-order valence-corrected chi connectivity index (χ3v) is 2.22. The third-order valence-electron chi connectivity index (χ3n) is 2.22. The molecule has 1 aromatic rings. The summed E-state index contributed by atoms with van der Waals surface area (Å²) in [5.74, 6) is 0.533. The molecule has 0 aliphatic rings. The number of ether oxygens (including phenoxy) is 1. The van der Waals surface area contributed by atoms with Crippen molar-refractivity contribution in [2.75, 3.05) is 20.7 Å². The van der Waals surface area contributed by atoms with E-state index in [1.165, 1.54) is 5.01 Å². The molecule has 0 atom stereocenters. The Hall–Kier alpha value is -1.55. The van der Waals surface area contributed by atoms with Gasteiger partial charge in [0.1, 0.15) is 5.75 Å². The van der Waals surface area contributed by atoms with Crippen molar-refractivity contribution in [3.05, 3.63) is 29.8 Å². The van der Waals surface area contributed by atoms with E-state index < -0.39 is 0 Å². The van der Waals surface area contributed by atoms with Crippen LogP contribution in [-0.4, -0.2) is 31.6 Å². The van der Waals surface area contributed by atoms with Gasteiger partial charge in [0, 0.05) is 14.1 Å². The third kappa shape index (κ3) is 2.97. The first-order valence-electron chi connectivity index (χ1n) is 5.38. The molecule has 0 radical (unpaired) electrons. The molecule has 1 N–H and O–H groups in total. The van der Waals surface area contributed by atoms with Gasteiger partial charge in [0.25, 0.3) is 5.91 Å². The molecule has 0 aliphatic carbocycles. The molecule has 0 fully saturated rings. The molecule has 0 spiro atoms. The van der Waals surface area contributed by atoms with Crippen molar-refractivity contribution in [2.24, 2.45) is 0 Å². The van der Waals surface area contributed by atoms with Gasteiger partial charge in [-0.1, -0.05) is 19.1 Å². The normalized spacial score (nSPS) is 9.94. The van der Waals surface area contributed by atoms with Crippen LogP contribution < -0.4 is 10.2 Å². The minimum absolute atomic E-state index is 0.103. The summed E-state index contributed by atoms with van der Waals surface area (Å²) in [5, 5.41) is 1.42. The molecule has 1 aromatic carbocycles. The molecular formula is C12H18N2O2. The molecule has 0 aliphatic heterocycles. The summed E-state index contributed by atoms with van der Waals surface area (Å²) in [6.45, 7) is 2.65. The van der Waals surface area contributed by atoms with Crippen LogP contribution in [0.25, 0.3) is 0 Å². The SMILES string of the molecule is CCCOc1ccccc1C(=O)N(C)NC. The number of rotatable bonds is 5. The Morgan fingerprint density at radius 2 is 2.12 bits per heavy atom. The highest BCUT2D eigenvalue weighted by molar-refractivity contribution is 5.96. The summed E-state index contributed by atoms with van der Waals surface area (Å²) in [6, 6.07) is 7.27. The fourth-order valence-electron chi connectivity index (χ4n) is 1.26. The standard InChI is InChI=1S/C12H18N2O2/c1-4-9-16-11-8-6-5-7-10(11)12(15)14(3)13-2/h5-8,13H,4,9H2,1-3H3. The Bertz CT molecular complexity index is 353. The van der Waals surface area contributed by atoms with Gasteiger partial charge in [-0.15, -0.1) is 0 Å². The smallest absolute Gasteiger partial charge is 0.271 e. The van der Waals surface area contributed by atoms with Crippen molar-refractivity contribution in [1.82, 2.24) is 10.4 Å². The molecule has 0 bridgehead atoms. The fourth-order valence-corrected chi connectivity index (χ4v) is 1.26. The highest BCUT2D eigenvalue weighted by atomic mass is 16.5. The maximum atomic E-state index is 11.9. The van der Waals surface area contributed by atoms with E-state index in [0.29, 0.717) is 17.9 Å². The van der Waals surface area contributed by atoms with Gasteiger partial charge in [-0.25, -0.2) is 5.43 Å². The lowest BCUT2D eigenvalue weighted by atomic mass is 10.2. The Morgan fingerprint density at radius 1 is 1.44 bits per heavy atom. The molecule has 16 heavy (non-hydrogen) atoms. The van der Waals surface area contributed by atoms with Crippen LogP contribution in [0.5, 0.6) is 5.75 Å². The summed E-state index contributed by atoms with van der Waals surface area (Å²) in [5.41, 5.74) is 3.35. The number of carbonyl (C=O) groups is 1. The molecule has 4 heteroatoms. The van der Waals surface area contributed by atoms with Crippen molar-refractivity contribution < 1.29 is 9.53 Å². The number of nitrogens with zero attached hydrogens (tertiary/aromatic N) is 1. The Balaban J connectivity index is 2.89. The molecule has 88 valence electrons. The van der Waals surface area contributed by atoms with E-state index in [0.717, 1.165) is 6.42 Å². The fraction of sp³-hybridized carbons (Fsp3) is 0.417. The van der Waals surface area contributed by atoms with Crippen molar-refractivity contribution in [2.45, 2.75) is 13.3 Å². The number of benzene rings is 1. The molecule has 0 heterocycles. The summed E-state index contributed by atoms with van der Waals surface area (Å²) >= 11 is 0. The molecule has 0 aromatic heterocycles. The molecule has 1 rings (SSSR count). The molecule has 0 saturated heterocycles. The van der Waals surface area contributed by atoms with Gasteiger partial charge in [-0.2, -0.15) is 0 Å². The lowest BCUT2D eigenvalue weighted by Crippen LogP contribution is -2.36. The van der Waals surface area contributed by atoms with E-state index >= 15 is 0 Å². The Labute approximate surface area is 96.2 Å². The lowest BCUT2D eigenvalue weighted by molar-refractivity contribution is 0.0730. The maximum Gasteiger partial charge on any atom is 0.271 e. The van der Waals surface area contributed by atoms with Crippen LogP contribution in [0.15, 0.2) is 24.3 Å². The zero-order chi connectivity index (χ0) is 12.0. The first kappa shape index (κ1) is 12.5. The quantitative estimate of drug-likeness (QED) is 0.771. The van der Waals surface area contributed by atoms with Crippen LogP contribution >= 0.6 is 0 Å². The molecule has 0 unspecified atom stereocenters. The number of carbonyl (C=O) groups excluding carboxylic acids is 1. The van der Waals surface area contributed by atoms with Crippen molar-refractivity contribution in [3.8, 4) is 5.75 Å². The largest absolute Gasteiger partial charge is 0.493 e. The molecule has 1 amide bonds. The highest BCUT2D eigenvalue weighted by Crippen LogP contribution is 2.19. The van der Waals surface area contributed by atoms with Crippen LogP contribution in [-0.2, 0) is 0 Å². The van der Waals surface area contributed by atoms with Crippen molar-refractivity contribution in [3.63, 3.8) is 0 Å². The Kier molecular flexibility index (Phi) is 4.79. The minimum atomic E-state index is -0.103. The van der Waals surface area contributed by atoms with Gasteiger partial charge in [-0.05, 0) is 18.6 Å². The molecule has 0 saturated carbocycles. The predicted molar refractivity (Wildman–Crippen MR) is 63.4 cm³/mol. The van der Waals surface area contributed by atoms with Gasteiger partial charge < -0.3 is 4.74 Å². The monoisotopic (exact) mass is 222 g/mol. The number of hydrazine groups is 1. The average molecular weight is 222 g/mol. The predicted octanol–water partition coefficient (Wildman–Crippen LogP) is 1.68. The minimum Gasteiger partial charge on any atom is -0.493 e.